The van der Waals surface area contributed by atoms with E-state index < -0.39 is 17.8 Å². The average molecular weight is 613 g/mol. The fraction of sp³-hybridized carbons (Fsp3) is 0.229. The standard InChI is InChI=1S/C35H36N2O8/c1-22-5-15-29(33(39)40)24(17-22)19-45-37-26-9-13-28(14-10-26)44-21-35(3,4)20-43-27-11-7-25(8-12-27)36-32(38)31-18-23(2)6-16-30(31)34(41)42/h5-18,37H,19-21H2,1-4H3,(H,36,38)(H,39,40)(H,41,42). The zero-order valence-electron chi connectivity index (χ0n) is 25.5. The number of anilines is 2. The maximum absolute atomic E-state index is 12.7. The highest BCUT2D eigenvalue weighted by atomic mass is 16.6. The van der Waals surface area contributed by atoms with Gasteiger partial charge in [-0.15, -0.1) is 0 Å². The van der Waals surface area contributed by atoms with Crippen molar-refractivity contribution in [1.29, 1.82) is 0 Å². The van der Waals surface area contributed by atoms with E-state index in [0.29, 0.717) is 41.7 Å². The molecule has 0 aliphatic rings. The minimum absolute atomic E-state index is 0.0596. The Balaban J connectivity index is 1.23. The van der Waals surface area contributed by atoms with Crippen molar-refractivity contribution in [2.24, 2.45) is 5.41 Å². The average Bonchev–Trinajstić information content (AvgIpc) is 3.00. The molecule has 0 bridgehead atoms. The van der Waals surface area contributed by atoms with Crippen molar-refractivity contribution in [3.05, 3.63) is 118 Å². The second kappa shape index (κ2) is 14.4. The smallest absolute Gasteiger partial charge is 0.336 e. The van der Waals surface area contributed by atoms with Crippen LogP contribution in [0.2, 0.25) is 0 Å². The molecule has 0 saturated heterocycles. The zero-order valence-corrected chi connectivity index (χ0v) is 25.5. The largest absolute Gasteiger partial charge is 0.493 e. The van der Waals surface area contributed by atoms with Gasteiger partial charge in [-0.05, 0) is 86.1 Å². The van der Waals surface area contributed by atoms with Crippen molar-refractivity contribution in [1.82, 2.24) is 0 Å². The predicted octanol–water partition coefficient (Wildman–Crippen LogP) is 6.98. The van der Waals surface area contributed by atoms with Crippen LogP contribution in [0.1, 0.15) is 61.6 Å². The van der Waals surface area contributed by atoms with Gasteiger partial charge in [-0.25, -0.2) is 9.59 Å². The summed E-state index contributed by atoms with van der Waals surface area (Å²) in [6.07, 6.45) is 0. The lowest BCUT2D eigenvalue weighted by Crippen LogP contribution is -2.28. The van der Waals surface area contributed by atoms with Gasteiger partial charge in [0, 0.05) is 11.1 Å². The number of carbonyl (C=O) groups is 3. The maximum atomic E-state index is 12.7. The second-order valence-electron chi connectivity index (χ2n) is 11.5. The SMILES string of the molecule is Cc1ccc(C(=O)O)c(CONc2ccc(OCC(C)(C)COc3ccc(NC(=O)c4cc(C)ccc4C(=O)O)cc3)cc2)c1. The number of aryl methyl sites for hydroxylation is 2. The van der Waals surface area contributed by atoms with Gasteiger partial charge < -0.3 is 25.0 Å². The van der Waals surface area contributed by atoms with Gasteiger partial charge in [-0.3, -0.25) is 15.1 Å². The minimum atomic E-state index is -1.16. The summed E-state index contributed by atoms with van der Waals surface area (Å²) in [5.74, 6) is -1.39. The first-order valence-corrected chi connectivity index (χ1v) is 14.2. The first-order valence-electron chi connectivity index (χ1n) is 14.2. The highest BCUT2D eigenvalue weighted by Crippen LogP contribution is 2.24. The molecule has 0 heterocycles. The minimum Gasteiger partial charge on any atom is -0.493 e. The molecule has 4 N–H and O–H groups in total. The summed E-state index contributed by atoms with van der Waals surface area (Å²) >= 11 is 0. The van der Waals surface area contributed by atoms with Crippen LogP contribution in [0.4, 0.5) is 11.4 Å². The van der Waals surface area contributed by atoms with Gasteiger partial charge in [-0.2, -0.15) is 0 Å². The zero-order chi connectivity index (χ0) is 32.6. The molecule has 0 atom stereocenters. The van der Waals surface area contributed by atoms with E-state index in [1.54, 1.807) is 85.8 Å². The number of ether oxygens (including phenoxy) is 2. The molecule has 4 aromatic carbocycles. The molecular weight excluding hydrogens is 576 g/mol. The van der Waals surface area contributed by atoms with E-state index >= 15 is 0 Å². The van der Waals surface area contributed by atoms with Crippen LogP contribution in [0.5, 0.6) is 11.5 Å². The molecule has 0 fully saturated rings. The van der Waals surface area contributed by atoms with Crippen LogP contribution in [0.15, 0.2) is 84.9 Å². The molecular formula is C35H36N2O8. The normalized spacial score (nSPS) is 11.0. The Bertz CT molecular complexity index is 1660. The summed E-state index contributed by atoms with van der Waals surface area (Å²) in [5, 5.41) is 21.5. The molecule has 0 radical (unpaired) electrons. The Morgan fingerprint density at radius 3 is 1.73 bits per heavy atom. The Kier molecular flexibility index (Phi) is 10.4. The van der Waals surface area contributed by atoms with E-state index in [9.17, 15) is 24.6 Å². The Morgan fingerprint density at radius 1 is 0.667 bits per heavy atom. The highest BCUT2D eigenvalue weighted by Gasteiger charge is 2.21. The van der Waals surface area contributed by atoms with Crippen molar-refractivity contribution >= 4 is 29.2 Å². The number of hydrogen-bond donors (Lipinski definition) is 4. The molecule has 0 aliphatic heterocycles. The van der Waals surface area contributed by atoms with Crippen LogP contribution in [0, 0.1) is 19.3 Å². The van der Waals surface area contributed by atoms with E-state index in [0.717, 1.165) is 11.1 Å². The predicted molar refractivity (Wildman–Crippen MR) is 170 cm³/mol. The van der Waals surface area contributed by atoms with Gasteiger partial charge in [0.25, 0.3) is 5.91 Å². The quantitative estimate of drug-likeness (QED) is 0.111. The Labute approximate surface area is 261 Å². The summed E-state index contributed by atoms with van der Waals surface area (Å²) in [6, 6.07) is 23.8. The van der Waals surface area contributed by atoms with Crippen LogP contribution in [-0.4, -0.2) is 41.3 Å². The monoisotopic (exact) mass is 612 g/mol. The molecule has 4 rings (SSSR count). The third-order valence-electron chi connectivity index (χ3n) is 6.78. The number of rotatable bonds is 14. The van der Waals surface area contributed by atoms with Crippen molar-refractivity contribution in [2.45, 2.75) is 34.3 Å². The number of hydrogen-bond acceptors (Lipinski definition) is 7. The van der Waals surface area contributed by atoms with Crippen LogP contribution < -0.4 is 20.3 Å². The second-order valence-corrected chi connectivity index (χ2v) is 11.5. The van der Waals surface area contributed by atoms with E-state index in [1.807, 2.05) is 20.8 Å². The summed E-state index contributed by atoms with van der Waals surface area (Å²) in [6.45, 7) is 8.57. The summed E-state index contributed by atoms with van der Waals surface area (Å²) < 4.78 is 11.9. The number of carbonyl (C=O) groups excluding carboxylic acids is 1. The molecule has 0 aliphatic carbocycles. The van der Waals surface area contributed by atoms with Gasteiger partial charge in [0.15, 0.2) is 0 Å². The van der Waals surface area contributed by atoms with Crippen LogP contribution >= 0.6 is 0 Å². The summed E-state index contributed by atoms with van der Waals surface area (Å²) in [4.78, 5) is 41.2. The molecule has 0 unspecified atom stereocenters. The van der Waals surface area contributed by atoms with E-state index in [4.69, 9.17) is 14.3 Å². The fourth-order valence-electron chi connectivity index (χ4n) is 4.33. The lowest BCUT2D eigenvalue weighted by Gasteiger charge is -2.25. The number of amides is 1. The van der Waals surface area contributed by atoms with Gasteiger partial charge in [0.1, 0.15) is 18.1 Å². The molecule has 234 valence electrons. The van der Waals surface area contributed by atoms with Gasteiger partial charge in [0.05, 0.1) is 35.6 Å². The van der Waals surface area contributed by atoms with Crippen LogP contribution in [0.3, 0.4) is 0 Å². The molecule has 0 saturated carbocycles. The lowest BCUT2D eigenvalue weighted by atomic mass is 9.96. The topological polar surface area (TPSA) is 143 Å². The fourth-order valence-corrected chi connectivity index (χ4v) is 4.33. The number of aromatic carboxylic acids is 2. The maximum Gasteiger partial charge on any atom is 0.336 e. The third kappa shape index (κ3) is 9.32. The molecule has 0 spiro atoms. The lowest BCUT2D eigenvalue weighted by molar-refractivity contribution is 0.0682. The van der Waals surface area contributed by atoms with Gasteiger partial charge in [-0.1, -0.05) is 43.2 Å². The summed E-state index contributed by atoms with van der Waals surface area (Å²) in [5.41, 5.74) is 6.25. The van der Waals surface area contributed by atoms with E-state index in [1.165, 1.54) is 6.07 Å². The highest BCUT2D eigenvalue weighted by molar-refractivity contribution is 6.10. The first kappa shape index (κ1) is 32.6. The number of carboxylic acid groups (broad SMARTS) is 2. The van der Waals surface area contributed by atoms with Crippen molar-refractivity contribution in [3.63, 3.8) is 0 Å². The van der Waals surface area contributed by atoms with E-state index in [2.05, 4.69) is 10.8 Å². The number of carboxylic acids is 2. The van der Waals surface area contributed by atoms with Gasteiger partial charge in [0.2, 0.25) is 0 Å². The molecule has 0 aromatic heterocycles. The van der Waals surface area contributed by atoms with Crippen molar-refractivity contribution < 1.29 is 38.9 Å². The third-order valence-corrected chi connectivity index (χ3v) is 6.78. The van der Waals surface area contributed by atoms with Crippen molar-refractivity contribution in [2.75, 3.05) is 24.0 Å². The molecule has 10 nitrogen and oxygen atoms in total. The number of benzene rings is 4. The molecule has 10 heteroatoms. The molecule has 45 heavy (non-hydrogen) atoms. The Hall–Kier alpha value is -5.35. The Morgan fingerprint density at radius 2 is 1.18 bits per heavy atom. The van der Waals surface area contributed by atoms with Crippen LogP contribution in [0.25, 0.3) is 0 Å². The first-order chi connectivity index (χ1) is 21.4. The van der Waals surface area contributed by atoms with E-state index in [-0.39, 0.29) is 28.7 Å². The van der Waals surface area contributed by atoms with Crippen LogP contribution in [-0.2, 0) is 11.4 Å². The summed E-state index contributed by atoms with van der Waals surface area (Å²) in [7, 11) is 0. The molecule has 1 amide bonds. The molecule has 4 aromatic rings. The number of nitrogens with one attached hydrogen (secondary N) is 2. The van der Waals surface area contributed by atoms with Gasteiger partial charge >= 0.3 is 11.9 Å². The van der Waals surface area contributed by atoms with Crippen molar-refractivity contribution in [3.8, 4) is 11.5 Å².